The van der Waals surface area contributed by atoms with E-state index >= 15 is 0 Å². The van der Waals surface area contributed by atoms with Gasteiger partial charge in [0, 0.05) is 44.1 Å². The number of nitrogens with zero attached hydrogens (tertiary/aromatic N) is 2. The molecule has 2 rings (SSSR count). The van der Waals surface area contributed by atoms with Crippen LogP contribution in [0.3, 0.4) is 0 Å². The molecule has 1 aliphatic heterocycles. The molecule has 3 heteroatoms. The van der Waals surface area contributed by atoms with E-state index in [1.807, 2.05) is 12.4 Å². The molecule has 0 bridgehead atoms. The summed E-state index contributed by atoms with van der Waals surface area (Å²) in [6.07, 6.45) is 5.03. The summed E-state index contributed by atoms with van der Waals surface area (Å²) in [5.74, 6) is 0.763. The van der Waals surface area contributed by atoms with E-state index in [1.54, 1.807) is 0 Å². The van der Waals surface area contributed by atoms with Gasteiger partial charge in [-0.3, -0.25) is 9.88 Å². The van der Waals surface area contributed by atoms with Crippen molar-refractivity contribution in [2.45, 2.75) is 45.8 Å². The van der Waals surface area contributed by atoms with Crippen LogP contribution in [0, 0.1) is 5.92 Å². The molecule has 0 amide bonds. The summed E-state index contributed by atoms with van der Waals surface area (Å²) in [5, 5.41) is 3.66. The Morgan fingerprint density at radius 3 is 2.78 bits per heavy atom. The van der Waals surface area contributed by atoms with E-state index in [2.05, 4.69) is 48.1 Å². The summed E-state index contributed by atoms with van der Waals surface area (Å²) in [6, 6.07) is 5.49. The predicted molar refractivity (Wildman–Crippen MR) is 75.4 cm³/mol. The van der Waals surface area contributed by atoms with Gasteiger partial charge in [-0.05, 0) is 37.0 Å². The maximum absolute atomic E-state index is 4.08. The lowest BCUT2D eigenvalue weighted by atomic mass is 10.00. The summed E-state index contributed by atoms with van der Waals surface area (Å²) >= 11 is 0. The third-order valence-corrected chi connectivity index (χ3v) is 3.67. The van der Waals surface area contributed by atoms with Gasteiger partial charge in [0.15, 0.2) is 0 Å². The minimum Gasteiger partial charge on any atom is -0.311 e. The van der Waals surface area contributed by atoms with Gasteiger partial charge in [0.05, 0.1) is 0 Å². The molecule has 0 saturated carbocycles. The van der Waals surface area contributed by atoms with Gasteiger partial charge in [-0.1, -0.05) is 13.8 Å². The molecule has 0 radical (unpaired) electrons. The van der Waals surface area contributed by atoms with E-state index in [1.165, 1.54) is 12.0 Å². The third kappa shape index (κ3) is 3.79. The number of piperazine rings is 1. The van der Waals surface area contributed by atoms with Crippen LogP contribution in [0.4, 0.5) is 0 Å². The molecule has 1 N–H and O–H groups in total. The Kier molecular flexibility index (Phi) is 4.72. The average molecular weight is 247 g/mol. The molecule has 1 aromatic rings. The molecular weight excluding hydrogens is 222 g/mol. The first-order valence-electron chi connectivity index (χ1n) is 7.01. The average Bonchev–Trinajstić information content (AvgIpc) is 2.34. The summed E-state index contributed by atoms with van der Waals surface area (Å²) in [4.78, 5) is 6.66. The largest absolute Gasteiger partial charge is 0.311 e. The number of pyridine rings is 1. The molecular formula is C15H25N3. The topological polar surface area (TPSA) is 28.2 Å². The van der Waals surface area contributed by atoms with Crippen LogP contribution in [0.1, 0.15) is 32.8 Å². The molecule has 2 unspecified atom stereocenters. The maximum Gasteiger partial charge on any atom is 0.0271 e. The standard InChI is InChI=1S/C15H25N3/c1-12(2)8-15-11-18(13(3)9-17-15)10-14-4-6-16-7-5-14/h4-7,12-13,15,17H,8-11H2,1-3H3. The Balaban J connectivity index is 1.93. The zero-order valence-corrected chi connectivity index (χ0v) is 11.8. The number of aromatic nitrogens is 1. The molecule has 0 spiro atoms. The fraction of sp³-hybridized carbons (Fsp3) is 0.667. The van der Waals surface area contributed by atoms with Crippen LogP contribution < -0.4 is 5.32 Å². The van der Waals surface area contributed by atoms with Crippen LogP contribution in [0.2, 0.25) is 0 Å². The Labute approximate surface area is 111 Å². The third-order valence-electron chi connectivity index (χ3n) is 3.67. The first kappa shape index (κ1) is 13.5. The summed E-state index contributed by atoms with van der Waals surface area (Å²) in [6.45, 7) is 10.2. The minimum atomic E-state index is 0.613. The highest BCUT2D eigenvalue weighted by molar-refractivity contribution is 5.10. The van der Waals surface area contributed by atoms with Gasteiger partial charge >= 0.3 is 0 Å². The molecule has 3 nitrogen and oxygen atoms in total. The van der Waals surface area contributed by atoms with E-state index in [9.17, 15) is 0 Å². The van der Waals surface area contributed by atoms with Crippen molar-refractivity contribution in [3.63, 3.8) is 0 Å². The molecule has 100 valence electrons. The van der Waals surface area contributed by atoms with E-state index in [4.69, 9.17) is 0 Å². The van der Waals surface area contributed by atoms with Gasteiger partial charge in [0.25, 0.3) is 0 Å². The molecule has 2 atom stereocenters. The molecule has 0 aliphatic carbocycles. The highest BCUT2D eigenvalue weighted by Gasteiger charge is 2.25. The van der Waals surface area contributed by atoms with Crippen molar-refractivity contribution in [3.8, 4) is 0 Å². The maximum atomic E-state index is 4.08. The fourth-order valence-electron chi connectivity index (χ4n) is 2.66. The molecule has 1 saturated heterocycles. The summed E-state index contributed by atoms with van der Waals surface area (Å²) < 4.78 is 0. The van der Waals surface area contributed by atoms with Crippen LogP contribution in [0.15, 0.2) is 24.5 Å². The monoisotopic (exact) mass is 247 g/mol. The zero-order chi connectivity index (χ0) is 13.0. The Morgan fingerprint density at radius 2 is 2.11 bits per heavy atom. The normalized spacial score (nSPS) is 25.6. The van der Waals surface area contributed by atoms with Gasteiger partial charge < -0.3 is 5.32 Å². The summed E-state index contributed by atoms with van der Waals surface area (Å²) in [7, 11) is 0. The van der Waals surface area contributed by atoms with Crippen molar-refractivity contribution in [2.24, 2.45) is 5.92 Å². The lowest BCUT2D eigenvalue weighted by molar-refractivity contribution is 0.125. The number of hydrogen-bond acceptors (Lipinski definition) is 3. The van der Waals surface area contributed by atoms with Crippen molar-refractivity contribution < 1.29 is 0 Å². The van der Waals surface area contributed by atoms with Crippen molar-refractivity contribution >= 4 is 0 Å². The van der Waals surface area contributed by atoms with Crippen molar-refractivity contribution in [1.29, 1.82) is 0 Å². The Hall–Kier alpha value is -0.930. The lowest BCUT2D eigenvalue weighted by Crippen LogP contribution is -2.55. The quantitative estimate of drug-likeness (QED) is 0.885. The summed E-state index contributed by atoms with van der Waals surface area (Å²) in [5.41, 5.74) is 1.36. The highest BCUT2D eigenvalue weighted by atomic mass is 15.2. The zero-order valence-electron chi connectivity index (χ0n) is 11.8. The number of nitrogens with one attached hydrogen (secondary N) is 1. The second-order valence-electron chi connectivity index (χ2n) is 5.87. The first-order chi connectivity index (χ1) is 8.65. The smallest absolute Gasteiger partial charge is 0.0271 e. The molecule has 18 heavy (non-hydrogen) atoms. The van der Waals surface area contributed by atoms with Crippen LogP contribution >= 0.6 is 0 Å². The molecule has 0 aromatic carbocycles. The van der Waals surface area contributed by atoms with Crippen LogP contribution in [0.5, 0.6) is 0 Å². The fourth-order valence-corrected chi connectivity index (χ4v) is 2.66. The molecule has 2 heterocycles. The highest BCUT2D eigenvalue weighted by Crippen LogP contribution is 2.15. The Morgan fingerprint density at radius 1 is 1.39 bits per heavy atom. The number of rotatable bonds is 4. The predicted octanol–water partition coefficient (Wildman–Crippen LogP) is 2.29. The van der Waals surface area contributed by atoms with Crippen molar-refractivity contribution in [1.82, 2.24) is 15.2 Å². The number of hydrogen-bond donors (Lipinski definition) is 1. The molecule has 1 aromatic heterocycles. The lowest BCUT2D eigenvalue weighted by Gasteiger charge is -2.39. The SMILES string of the molecule is CC(C)CC1CN(Cc2ccncc2)C(C)CN1. The van der Waals surface area contributed by atoms with E-state index in [0.717, 1.165) is 25.6 Å². The van der Waals surface area contributed by atoms with E-state index in [0.29, 0.717) is 12.1 Å². The Bertz CT molecular complexity index is 350. The van der Waals surface area contributed by atoms with Gasteiger partial charge in [0.1, 0.15) is 0 Å². The van der Waals surface area contributed by atoms with Crippen LogP contribution in [0.25, 0.3) is 0 Å². The van der Waals surface area contributed by atoms with Crippen molar-refractivity contribution in [2.75, 3.05) is 13.1 Å². The minimum absolute atomic E-state index is 0.613. The van der Waals surface area contributed by atoms with Crippen molar-refractivity contribution in [3.05, 3.63) is 30.1 Å². The second kappa shape index (κ2) is 6.30. The van der Waals surface area contributed by atoms with Crippen LogP contribution in [-0.2, 0) is 6.54 Å². The van der Waals surface area contributed by atoms with Gasteiger partial charge in [-0.15, -0.1) is 0 Å². The molecule has 1 aliphatic rings. The van der Waals surface area contributed by atoms with E-state index < -0.39 is 0 Å². The first-order valence-corrected chi connectivity index (χ1v) is 7.01. The van der Waals surface area contributed by atoms with E-state index in [-0.39, 0.29) is 0 Å². The van der Waals surface area contributed by atoms with Crippen LogP contribution in [-0.4, -0.2) is 35.1 Å². The van der Waals surface area contributed by atoms with Gasteiger partial charge in [-0.2, -0.15) is 0 Å². The molecule has 1 fully saturated rings. The van der Waals surface area contributed by atoms with Gasteiger partial charge in [0.2, 0.25) is 0 Å². The van der Waals surface area contributed by atoms with Gasteiger partial charge in [-0.25, -0.2) is 0 Å². The second-order valence-corrected chi connectivity index (χ2v) is 5.87.